The molecule has 3 rings (SSSR count). The number of carbonyl (C=O) groups is 2. The van der Waals surface area contributed by atoms with Crippen LogP contribution in [-0.4, -0.2) is 50.8 Å². The normalized spacial score (nSPS) is 12.0. The summed E-state index contributed by atoms with van der Waals surface area (Å²) >= 11 is 5.97. The fraction of sp³-hybridized carbons (Fsp3) is 0.286. The summed E-state index contributed by atoms with van der Waals surface area (Å²) in [5, 5.41) is 3.16. The van der Waals surface area contributed by atoms with Gasteiger partial charge in [0.2, 0.25) is 11.8 Å². The summed E-state index contributed by atoms with van der Waals surface area (Å²) in [6.07, 6.45) is 0.519. The first-order valence-electron chi connectivity index (χ1n) is 12.1. The lowest BCUT2D eigenvalue weighted by Crippen LogP contribution is -2.52. The van der Waals surface area contributed by atoms with Gasteiger partial charge in [0.1, 0.15) is 12.6 Å². The van der Waals surface area contributed by atoms with Crippen LogP contribution in [0.25, 0.3) is 0 Å². The smallest absolute Gasteiger partial charge is 0.264 e. The van der Waals surface area contributed by atoms with E-state index in [2.05, 4.69) is 5.32 Å². The monoisotopic (exact) mass is 541 g/mol. The van der Waals surface area contributed by atoms with E-state index in [0.717, 1.165) is 15.4 Å². The molecule has 3 aromatic carbocycles. The summed E-state index contributed by atoms with van der Waals surface area (Å²) in [6, 6.07) is 21.5. The molecule has 2 amide bonds. The third-order valence-corrected chi connectivity index (χ3v) is 8.05. The summed E-state index contributed by atoms with van der Waals surface area (Å²) in [6.45, 7) is 5.56. The second-order valence-corrected chi connectivity index (χ2v) is 11.0. The van der Waals surface area contributed by atoms with Gasteiger partial charge in [-0.2, -0.15) is 0 Å². The zero-order valence-corrected chi connectivity index (χ0v) is 22.8. The van der Waals surface area contributed by atoms with Gasteiger partial charge in [-0.25, -0.2) is 8.42 Å². The van der Waals surface area contributed by atoms with Crippen LogP contribution in [0.1, 0.15) is 25.0 Å². The van der Waals surface area contributed by atoms with E-state index in [4.69, 9.17) is 11.6 Å². The molecule has 0 fully saturated rings. The van der Waals surface area contributed by atoms with Gasteiger partial charge >= 0.3 is 0 Å². The molecular formula is C28H32ClN3O4S. The number of anilines is 1. The van der Waals surface area contributed by atoms with Crippen LogP contribution < -0.4 is 9.62 Å². The van der Waals surface area contributed by atoms with E-state index in [0.29, 0.717) is 23.7 Å². The zero-order valence-electron chi connectivity index (χ0n) is 21.2. The van der Waals surface area contributed by atoms with Crippen molar-refractivity contribution in [3.05, 3.63) is 95.0 Å². The van der Waals surface area contributed by atoms with Gasteiger partial charge in [0.15, 0.2) is 0 Å². The Morgan fingerprint density at radius 1 is 0.946 bits per heavy atom. The third kappa shape index (κ3) is 7.33. The molecule has 0 radical (unpaired) electrons. The van der Waals surface area contributed by atoms with E-state index in [1.54, 1.807) is 38.1 Å². The average molecular weight is 542 g/mol. The van der Waals surface area contributed by atoms with Gasteiger partial charge in [0.25, 0.3) is 10.0 Å². The van der Waals surface area contributed by atoms with Crippen molar-refractivity contribution in [2.75, 3.05) is 23.9 Å². The number of likely N-dealkylation sites (N-methyl/N-ethyl adjacent to an activating group) is 1. The molecule has 37 heavy (non-hydrogen) atoms. The number of aryl methyl sites for hydroxylation is 1. The molecule has 0 bridgehead atoms. The third-order valence-electron chi connectivity index (χ3n) is 6.00. The Bertz CT molecular complexity index is 1300. The lowest BCUT2D eigenvalue weighted by molar-refractivity contribution is -0.138. The van der Waals surface area contributed by atoms with Crippen molar-refractivity contribution in [2.45, 2.75) is 38.1 Å². The van der Waals surface area contributed by atoms with Gasteiger partial charge in [0, 0.05) is 18.1 Å². The summed E-state index contributed by atoms with van der Waals surface area (Å²) in [5.74, 6) is -0.779. The number of benzene rings is 3. The second-order valence-electron chi connectivity index (χ2n) is 8.69. The van der Waals surface area contributed by atoms with Crippen LogP contribution in [0.5, 0.6) is 0 Å². The number of rotatable bonds is 11. The van der Waals surface area contributed by atoms with Crippen LogP contribution in [0.2, 0.25) is 5.02 Å². The minimum atomic E-state index is -4.11. The maximum absolute atomic E-state index is 13.7. The van der Waals surface area contributed by atoms with Crippen molar-refractivity contribution >= 4 is 39.1 Å². The molecule has 0 heterocycles. The topological polar surface area (TPSA) is 86.8 Å². The molecule has 0 aliphatic heterocycles. The first-order valence-corrected chi connectivity index (χ1v) is 13.9. The van der Waals surface area contributed by atoms with Gasteiger partial charge in [-0.05, 0) is 69.2 Å². The minimum absolute atomic E-state index is 0.0119. The predicted octanol–water partition coefficient (Wildman–Crippen LogP) is 4.44. The molecule has 0 spiro atoms. The molecule has 0 saturated heterocycles. The van der Waals surface area contributed by atoms with Crippen LogP contribution in [0.3, 0.4) is 0 Å². The van der Waals surface area contributed by atoms with Gasteiger partial charge in [-0.15, -0.1) is 0 Å². The Hall–Kier alpha value is -3.36. The van der Waals surface area contributed by atoms with E-state index in [1.807, 2.05) is 37.3 Å². The molecule has 0 saturated carbocycles. The maximum Gasteiger partial charge on any atom is 0.264 e. The van der Waals surface area contributed by atoms with Crippen LogP contribution in [0.15, 0.2) is 83.8 Å². The first kappa shape index (κ1) is 28.2. The number of sulfonamides is 1. The van der Waals surface area contributed by atoms with E-state index in [-0.39, 0.29) is 17.3 Å². The number of halogens is 1. The van der Waals surface area contributed by atoms with Crippen LogP contribution >= 0.6 is 11.6 Å². The zero-order chi connectivity index (χ0) is 27.0. The highest BCUT2D eigenvalue weighted by Crippen LogP contribution is 2.25. The number of hydrogen-bond acceptors (Lipinski definition) is 4. The molecule has 1 N–H and O–H groups in total. The second kappa shape index (κ2) is 12.7. The van der Waals surface area contributed by atoms with Crippen molar-refractivity contribution in [1.82, 2.24) is 10.2 Å². The molecule has 0 aliphatic carbocycles. The fourth-order valence-corrected chi connectivity index (χ4v) is 5.41. The van der Waals surface area contributed by atoms with E-state index in [9.17, 15) is 18.0 Å². The molecule has 1 atom stereocenters. The standard InChI is InChI=1S/C28H32ClN3O4S/c1-4-30-28(34)22(3)31(19-18-23-8-6-5-7-9-23)27(33)20-32(25-14-10-21(2)11-15-25)37(35,36)26-16-12-24(29)13-17-26/h5-17,22H,4,18-20H2,1-3H3,(H,30,34)/t22-/m1/s1. The Morgan fingerprint density at radius 2 is 1.57 bits per heavy atom. The van der Waals surface area contributed by atoms with E-state index >= 15 is 0 Å². The summed E-state index contributed by atoms with van der Waals surface area (Å²) in [5.41, 5.74) is 2.31. The number of hydrogen-bond donors (Lipinski definition) is 1. The largest absolute Gasteiger partial charge is 0.355 e. The van der Waals surface area contributed by atoms with Crippen molar-refractivity contribution in [2.24, 2.45) is 0 Å². The molecule has 196 valence electrons. The van der Waals surface area contributed by atoms with Gasteiger partial charge in [-0.1, -0.05) is 59.6 Å². The molecule has 3 aromatic rings. The Balaban J connectivity index is 1.96. The summed E-state index contributed by atoms with van der Waals surface area (Å²) < 4.78 is 28.5. The Morgan fingerprint density at radius 3 is 2.16 bits per heavy atom. The van der Waals surface area contributed by atoms with Gasteiger partial charge < -0.3 is 10.2 Å². The minimum Gasteiger partial charge on any atom is -0.355 e. The van der Waals surface area contributed by atoms with Gasteiger partial charge in [-0.3, -0.25) is 13.9 Å². The van der Waals surface area contributed by atoms with Crippen molar-refractivity contribution in [3.63, 3.8) is 0 Å². The highest BCUT2D eigenvalue weighted by molar-refractivity contribution is 7.92. The Labute approximate surface area is 224 Å². The highest BCUT2D eigenvalue weighted by atomic mass is 35.5. The lowest BCUT2D eigenvalue weighted by Gasteiger charge is -2.32. The molecule has 0 aromatic heterocycles. The van der Waals surface area contributed by atoms with E-state index < -0.39 is 28.5 Å². The number of amides is 2. The first-order chi connectivity index (χ1) is 17.6. The predicted molar refractivity (Wildman–Crippen MR) is 147 cm³/mol. The molecule has 9 heteroatoms. The average Bonchev–Trinajstić information content (AvgIpc) is 2.89. The lowest BCUT2D eigenvalue weighted by atomic mass is 10.1. The van der Waals surface area contributed by atoms with Crippen LogP contribution in [0.4, 0.5) is 5.69 Å². The SMILES string of the molecule is CCNC(=O)[C@@H](C)N(CCc1ccccc1)C(=O)CN(c1ccc(C)cc1)S(=O)(=O)c1ccc(Cl)cc1. The van der Waals surface area contributed by atoms with Crippen molar-refractivity contribution in [1.29, 1.82) is 0 Å². The van der Waals surface area contributed by atoms with Crippen molar-refractivity contribution in [3.8, 4) is 0 Å². The fourth-order valence-electron chi connectivity index (χ4n) is 3.87. The maximum atomic E-state index is 13.7. The van der Waals surface area contributed by atoms with Gasteiger partial charge in [0.05, 0.1) is 10.6 Å². The van der Waals surface area contributed by atoms with Crippen molar-refractivity contribution < 1.29 is 18.0 Å². The Kier molecular flexibility index (Phi) is 9.72. The number of nitrogens with one attached hydrogen (secondary N) is 1. The molecule has 7 nitrogen and oxygen atoms in total. The number of nitrogens with zero attached hydrogens (tertiary/aromatic N) is 2. The quantitative estimate of drug-likeness (QED) is 0.389. The summed E-state index contributed by atoms with van der Waals surface area (Å²) in [7, 11) is -4.11. The summed E-state index contributed by atoms with van der Waals surface area (Å²) in [4.78, 5) is 27.9. The molecule has 0 unspecified atom stereocenters. The van der Waals surface area contributed by atoms with Crippen LogP contribution in [-0.2, 0) is 26.0 Å². The number of carbonyl (C=O) groups excluding carboxylic acids is 2. The highest BCUT2D eigenvalue weighted by Gasteiger charge is 2.32. The molecular weight excluding hydrogens is 510 g/mol. The van der Waals surface area contributed by atoms with Crippen LogP contribution in [0, 0.1) is 6.92 Å². The van der Waals surface area contributed by atoms with E-state index in [1.165, 1.54) is 29.2 Å². The molecule has 0 aliphatic rings.